The molecule has 0 spiro atoms. The summed E-state index contributed by atoms with van der Waals surface area (Å²) in [6.45, 7) is 7.78. The highest BCUT2D eigenvalue weighted by Crippen LogP contribution is 2.46. The fourth-order valence-electron chi connectivity index (χ4n) is 4.16. The van der Waals surface area contributed by atoms with Gasteiger partial charge in [0.1, 0.15) is 5.76 Å². The first-order valence-electron chi connectivity index (χ1n) is 7.51. The Balaban J connectivity index is 1.86. The summed E-state index contributed by atoms with van der Waals surface area (Å²) in [5, 5.41) is 3.58. The van der Waals surface area contributed by atoms with Crippen LogP contribution >= 0.6 is 0 Å². The molecule has 102 valence electrons. The molecular formula is C16H22N2O. The Labute approximate surface area is 115 Å². The third-order valence-electron chi connectivity index (χ3n) is 4.89. The van der Waals surface area contributed by atoms with Gasteiger partial charge in [-0.25, -0.2) is 0 Å². The zero-order valence-electron chi connectivity index (χ0n) is 11.8. The summed E-state index contributed by atoms with van der Waals surface area (Å²) >= 11 is 0. The van der Waals surface area contributed by atoms with E-state index in [0.29, 0.717) is 12.0 Å². The average Bonchev–Trinajstić information content (AvgIpc) is 2.62. The number of piperidine rings is 1. The van der Waals surface area contributed by atoms with Crippen molar-refractivity contribution >= 4 is 0 Å². The van der Waals surface area contributed by atoms with Crippen LogP contribution in [0.25, 0.3) is 0 Å². The number of fused-ring (bicyclic) bond motifs is 2. The molecule has 2 atom stereocenters. The smallest absolute Gasteiger partial charge is 0.127 e. The molecule has 0 radical (unpaired) electrons. The van der Waals surface area contributed by atoms with Gasteiger partial charge in [-0.15, -0.1) is 0 Å². The summed E-state index contributed by atoms with van der Waals surface area (Å²) < 4.78 is 5.96. The first-order chi connectivity index (χ1) is 9.25. The van der Waals surface area contributed by atoms with Gasteiger partial charge in [0, 0.05) is 26.1 Å². The summed E-state index contributed by atoms with van der Waals surface area (Å²) in [4.78, 5) is 2.63. The van der Waals surface area contributed by atoms with Gasteiger partial charge in [-0.2, -0.15) is 0 Å². The Hall–Kier alpha value is -1.22. The first-order valence-corrected chi connectivity index (χ1v) is 7.51. The van der Waals surface area contributed by atoms with Gasteiger partial charge in [0.2, 0.25) is 0 Å². The summed E-state index contributed by atoms with van der Waals surface area (Å²) in [5.74, 6) is 1.90. The molecule has 0 aromatic heterocycles. The second-order valence-electron chi connectivity index (χ2n) is 6.39. The summed E-state index contributed by atoms with van der Waals surface area (Å²) in [6.07, 6.45) is 5.54. The number of allylic oxidation sites excluding steroid dienone is 2. The van der Waals surface area contributed by atoms with Crippen LogP contribution in [-0.4, -0.2) is 30.6 Å². The maximum atomic E-state index is 5.96. The van der Waals surface area contributed by atoms with Crippen LogP contribution in [-0.2, 0) is 4.74 Å². The van der Waals surface area contributed by atoms with Crippen LogP contribution in [0.2, 0.25) is 0 Å². The minimum atomic E-state index is 0.601. The van der Waals surface area contributed by atoms with Crippen molar-refractivity contribution in [3.05, 3.63) is 34.4 Å². The van der Waals surface area contributed by atoms with Crippen molar-refractivity contribution in [2.75, 3.05) is 19.6 Å². The number of ether oxygens (including phenoxy) is 1. The highest BCUT2D eigenvalue weighted by Gasteiger charge is 2.43. The molecule has 1 N–H and O–H groups in total. The molecule has 0 bridgehead atoms. The van der Waals surface area contributed by atoms with Gasteiger partial charge in [0.25, 0.3) is 0 Å². The van der Waals surface area contributed by atoms with E-state index in [0.717, 1.165) is 26.1 Å². The first kappa shape index (κ1) is 11.6. The normalized spacial score (nSPS) is 33.6. The second-order valence-corrected chi connectivity index (χ2v) is 6.39. The lowest BCUT2D eigenvalue weighted by Crippen LogP contribution is -2.47. The number of nitrogens with one attached hydrogen (secondary N) is 1. The predicted octanol–water partition coefficient (Wildman–Crippen LogP) is 2.54. The largest absolute Gasteiger partial charge is 0.467 e. The standard InChI is InChI=1S/C16H22N2O/c1-10-8-18-15-11(2)6-17-7-13(15)12-4-3-5-14(16(12)18)19-9-10/h9,11,15,17H,3-8H2,1-2H3. The summed E-state index contributed by atoms with van der Waals surface area (Å²) in [5.41, 5.74) is 6.01. The lowest BCUT2D eigenvalue weighted by Gasteiger charge is -2.37. The van der Waals surface area contributed by atoms with Crippen molar-refractivity contribution in [1.29, 1.82) is 0 Å². The molecule has 0 aromatic carbocycles. The third-order valence-corrected chi connectivity index (χ3v) is 4.89. The Morgan fingerprint density at radius 3 is 3.16 bits per heavy atom. The van der Waals surface area contributed by atoms with E-state index in [4.69, 9.17) is 4.74 Å². The van der Waals surface area contributed by atoms with Crippen LogP contribution in [0, 0.1) is 5.92 Å². The maximum Gasteiger partial charge on any atom is 0.127 e. The fraction of sp³-hybridized carbons (Fsp3) is 0.625. The molecule has 0 amide bonds. The SMILES string of the molecule is CC1=COC2=C3C(=C4CNCC(C)C4N3C1)CCC2. The molecule has 0 aromatic rings. The average molecular weight is 258 g/mol. The molecule has 3 aliphatic heterocycles. The third kappa shape index (κ3) is 1.61. The predicted molar refractivity (Wildman–Crippen MR) is 75.3 cm³/mol. The topological polar surface area (TPSA) is 24.5 Å². The molecule has 1 fully saturated rings. The highest BCUT2D eigenvalue weighted by atomic mass is 16.5. The van der Waals surface area contributed by atoms with Crippen molar-refractivity contribution in [3.63, 3.8) is 0 Å². The Morgan fingerprint density at radius 1 is 1.37 bits per heavy atom. The highest BCUT2D eigenvalue weighted by molar-refractivity contribution is 5.49. The van der Waals surface area contributed by atoms with Crippen molar-refractivity contribution in [3.8, 4) is 0 Å². The molecule has 4 aliphatic rings. The molecule has 3 nitrogen and oxygen atoms in total. The van der Waals surface area contributed by atoms with Crippen molar-refractivity contribution in [2.45, 2.75) is 39.2 Å². The van der Waals surface area contributed by atoms with E-state index in [1.165, 1.54) is 29.9 Å². The van der Waals surface area contributed by atoms with Gasteiger partial charge in [-0.05, 0) is 42.4 Å². The van der Waals surface area contributed by atoms with Crippen molar-refractivity contribution < 1.29 is 4.74 Å². The van der Waals surface area contributed by atoms with E-state index in [-0.39, 0.29) is 0 Å². The van der Waals surface area contributed by atoms with Gasteiger partial charge in [0.05, 0.1) is 18.0 Å². The van der Waals surface area contributed by atoms with E-state index in [2.05, 4.69) is 24.1 Å². The number of rotatable bonds is 0. The molecule has 3 heterocycles. The number of hydrogen-bond donors (Lipinski definition) is 1. The van der Waals surface area contributed by atoms with Gasteiger partial charge in [-0.3, -0.25) is 0 Å². The second kappa shape index (κ2) is 4.14. The van der Waals surface area contributed by atoms with E-state index in [1.54, 1.807) is 11.1 Å². The van der Waals surface area contributed by atoms with Crippen LogP contribution in [0.15, 0.2) is 34.4 Å². The van der Waals surface area contributed by atoms with E-state index in [1.807, 2.05) is 6.26 Å². The number of hydrogen-bond acceptors (Lipinski definition) is 3. The molecule has 2 unspecified atom stereocenters. The van der Waals surface area contributed by atoms with Gasteiger partial charge >= 0.3 is 0 Å². The molecule has 1 aliphatic carbocycles. The minimum Gasteiger partial charge on any atom is -0.467 e. The van der Waals surface area contributed by atoms with Crippen LogP contribution in [0.3, 0.4) is 0 Å². The molecule has 1 saturated heterocycles. The zero-order valence-corrected chi connectivity index (χ0v) is 11.8. The lowest BCUT2D eigenvalue weighted by atomic mass is 9.88. The zero-order chi connectivity index (χ0) is 13.0. The van der Waals surface area contributed by atoms with Crippen LogP contribution < -0.4 is 5.32 Å². The van der Waals surface area contributed by atoms with Crippen LogP contribution in [0.4, 0.5) is 0 Å². The molecule has 19 heavy (non-hydrogen) atoms. The summed E-state index contributed by atoms with van der Waals surface area (Å²) in [7, 11) is 0. The Kier molecular flexibility index (Phi) is 2.52. The van der Waals surface area contributed by atoms with E-state index < -0.39 is 0 Å². The van der Waals surface area contributed by atoms with Crippen LogP contribution in [0.5, 0.6) is 0 Å². The van der Waals surface area contributed by atoms with Crippen molar-refractivity contribution in [2.24, 2.45) is 5.92 Å². The van der Waals surface area contributed by atoms with Crippen molar-refractivity contribution in [1.82, 2.24) is 10.2 Å². The summed E-state index contributed by atoms with van der Waals surface area (Å²) in [6, 6.07) is 0.601. The molecule has 3 heteroatoms. The molecule has 0 saturated carbocycles. The fourth-order valence-corrected chi connectivity index (χ4v) is 4.16. The Bertz CT molecular complexity index is 515. The maximum absolute atomic E-state index is 5.96. The minimum absolute atomic E-state index is 0.601. The monoisotopic (exact) mass is 258 g/mol. The van der Waals surface area contributed by atoms with Gasteiger partial charge in [0.15, 0.2) is 0 Å². The van der Waals surface area contributed by atoms with Crippen LogP contribution in [0.1, 0.15) is 33.1 Å². The lowest BCUT2D eigenvalue weighted by molar-refractivity contribution is 0.227. The number of nitrogens with zero attached hydrogens (tertiary/aromatic N) is 1. The van der Waals surface area contributed by atoms with E-state index in [9.17, 15) is 0 Å². The van der Waals surface area contributed by atoms with E-state index >= 15 is 0 Å². The molecule has 4 rings (SSSR count). The Morgan fingerprint density at radius 2 is 2.26 bits per heavy atom. The van der Waals surface area contributed by atoms with Gasteiger partial charge in [-0.1, -0.05) is 6.92 Å². The molecular weight excluding hydrogens is 236 g/mol. The van der Waals surface area contributed by atoms with Gasteiger partial charge < -0.3 is 15.0 Å². The quantitative estimate of drug-likeness (QED) is 0.722.